The lowest BCUT2D eigenvalue weighted by atomic mass is 10.0. The summed E-state index contributed by atoms with van der Waals surface area (Å²) in [6.07, 6.45) is 2.15. The fourth-order valence-electron chi connectivity index (χ4n) is 4.89. The number of rotatable bonds is 10. The third-order valence-corrected chi connectivity index (χ3v) is 7.03. The van der Waals surface area contributed by atoms with E-state index in [1.54, 1.807) is 11.7 Å². The van der Waals surface area contributed by atoms with Gasteiger partial charge in [-0.3, -0.25) is 9.59 Å². The number of fused-ring (bicyclic) bond motifs is 1. The quantitative estimate of drug-likeness (QED) is 0.453. The Kier molecular flexibility index (Phi) is 8.40. The van der Waals surface area contributed by atoms with Crippen molar-refractivity contribution in [1.29, 1.82) is 0 Å². The number of primary amides is 1. The third-order valence-electron chi connectivity index (χ3n) is 7.03. The van der Waals surface area contributed by atoms with Gasteiger partial charge in [-0.05, 0) is 55.3 Å². The van der Waals surface area contributed by atoms with Crippen LogP contribution in [0.4, 0.5) is 5.69 Å². The molecule has 1 aliphatic rings. The number of aromatic nitrogens is 1. The van der Waals surface area contributed by atoms with Crippen molar-refractivity contribution in [3.8, 4) is 0 Å². The standard InChI is InChI=1S/C28H37N5O3/c1-31(2)23-7-4-20(5-8-23)18-30-22-10-12-32(13-11-22)14-15-33-26-16-21(19-36-3)6-9-24(26)25(28(29)35)17-27(33)34/h4-9,16-17,22,30H,10-15,18-19H2,1-3H3,(H2,29,35). The molecule has 2 aromatic carbocycles. The Morgan fingerprint density at radius 3 is 2.39 bits per heavy atom. The van der Waals surface area contributed by atoms with Crippen molar-refractivity contribution in [2.75, 3.05) is 45.7 Å². The number of piperidine rings is 1. The van der Waals surface area contributed by atoms with Crippen molar-refractivity contribution >= 4 is 22.5 Å². The van der Waals surface area contributed by atoms with Gasteiger partial charge in [0, 0.05) is 64.0 Å². The van der Waals surface area contributed by atoms with Crippen LogP contribution in [-0.4, -0.2) is 62.3 Å². The van der Waals surface area contributed by atoms with Gasteiger partial charge in [0.05, 0.1) is 17.7 Å². The molecular formula is C28H37N5O3. The van der Waals surface area contributed by atoms with Crippen molar-refractivity contribution in [3.05, 3.63) is 75.6 Å². The topological polar surface area (TPSA) is 92.8 Å². The maximum Gasteiger partial charge on any atom is 0.251 e. The molecule has 8 nitrogen and oxygen atoms in total. The maximum absolute atomic E-state index is 12.9. The number of hydrogen-bond donors (Lipinski definition) is 2. The number of carbonyl (C=O) groups excluding carboxylic acids is 1. The van der Waals surface area contributed by atoms with E-state index >= 15 is 0 Å². The maximum atomic E-state index is 12.9. The Balaban J connectivity index is 1.36. The summed E-state index contributed by atoms with van der Waals surface area (Å²) in [5.41, 5.74) is 9.78. The number of likely N-dealkylation sites (tertiary alicyclic amines) is 1. The van der Waals surface area contributed by atoms with Crippen molar-refractivity contribution in [2.24, 2.45) is 5.73 Å². The van der Waals surface area contributed by atoms with Crippen molar-refractivity contribution in [1.82, 2.24) is 14.8 Å². The number of anilines is 1. The molecule has 8 heteroatoms. The zero-order valence-corrected chi connectivity index (χ0v) is 21.5. The molecule has 0 unspecified atom stereocenters. The summed E-state index contributed by atoms with van der Waals surface area (Å²) in [7, 11) is 5.74. The van der Waals surface area contributed by atoms with Crippen molar-refractivity contribution < 1.29 is 9.53 Å². The summed E-state index contributed by atoms with van der Waals surface area (Å²) in [6, 6.07) is 16.2. The minimum Gasteiger partial charge on any atom is -0.380 e. The number of nitrogens with zero attached hydrogens (tertiary/aromatic N) is 3. The van der Waals surface area contributed by atoms with Crippen LogP contribution in [0.3, 0.4) is 0 Å². The van der Waals surface area contributed by atoms with E-state index in [9.17, 15) is 9.59 Å². The number of hydrogen-bond acceptors (Lipinski definition) is 6. The average Bonchev–Trinajstić information content (AvgIpc) is 2.87. The van der Waals surface area contributed by atoms with Crippen LogP contribution in [-0.2, 0) is 24.4 Å². The second-order valence-corrected chi connectivity index (χ2v) is 9.75. The van der Waals surface area contributed by atoms with Gasteiger partial charge in [-0.2, -0.15) is 0 Å². The molecule has 1 fully saturated rings. The van der Waals surface area contributed by atoms with E-state index in [0.717, 1.165) is 50.1 Å². The summed E-state index contributed by atoms with van der Waals surface area (Å²) in [5.74, 6) is -0.591. The fraction of sp³-hybridized carbons (Fsp3) is 0.429. The number of pyridine rings is 1. The molecule has 0 atom stereocenters. The summed E-state index contributed by atoms with van der Waals surface area (Å²) >= 11 is 0. The van der Waals surface area contributed by atoms with Gasteiger partial charge in [-0.25, -0.2) is 0 Å². The van der Waals surface area contributed by atoms with E-state index in [-0.39, 0.29) is 11.1 Å². The summed E-state index contributed by atoms with van der Waals surface area (Å²) in [6.45, 7) is 4.61. The molecule has 0 saturated carbocycles. The zero-order chi connectivity index (χ0) is 25.7. The van der Waals surface area contributed by atoms with E-state index < -0.39 is 5.91 Å². The van der Waals surface area contributed by atoms with Gasteiger partial charge in [0.25, 0.3) is 5.56 Å². The van der Waals surface area contributed by atoms with Gasteiger partial charge in [0.2, 0.25) is 5.91 Å². The third kappa shape index (κ3) is 6.13. The van der Waals surface area contributed by atoms with E-state index in [4.69, 9.17) is 10.5 Å². The van der Waals surface area contributed by atoms with Gasteiger partial charge in [0.1, 0.15) is 0 Å². The highest BCUT2D eigenvalue weighted by atomic mass is 16.5. The Bertz CT molecular complexity index is 1240. The molecule has 0 aliphatic carbocycles. The number of amides is 1. The second kappa shape index (κ2) is 11.7. The van der Waals surface area contributed by atoms with Gasteiger partial charge in [-0.15, -0.1) is 0 Å². The molecule has 1 saturated heterocycles. The zero-order valence-electron chi connectivity index (χ0n) is 21.5. The summed E-state index contributed by atoms with van der Waals surface area (Å²) < 4.78 is 7.01. The predicted octanol–water partition coefficient (Wildman–Crippen LogP) is 2.57. The molecule has 3 N–H and O–H groups in total. The van der Waals surface area contributed by atoms with Gasteiger partial charge in [0.15, 0.2) is 0 Å². The van der Waals surface area contributed by atoms with Crippen molar-refractivity contribution in [2.45, 2.75) is 38.6 Å². The average molecular weight is 492 g/mol. The lowest BCUT2D eigenvalue weighted by Gasteiger charge is -2.32. The monoisotopic (exact) mass is 491 g/mol. The molecule has 0 bridgehead atoms. The van der Waals surface area contributed by atoms with Crippen molar-refractivity contribution in [3.63, 3.8) is 0 Å². The van der Waals surface area contributed by atoms with Gasteiger partial charge >= 0.3 is 0 Å². The van der Waals surface area contributed by atoms with E-state index in [2.05, 4.69) is 53.5 Å². The lowest BCUT2D eigenvalue weighted by Crippen LogP contribution is -2.43. The number of methoxy groups -OCH3 is 1. The largest absolute Gasteiger partial charge is 0.380 e. The first-order valence-corrected chi connectivity index (χ1v) is 12.5. The molecule has 192 valence electrons. The minimum atomic E-state index is -0.591. The predicted molar refractivity (Wildman–Crippen MR) is 145 cm³/mol. The summed E-state index contributed by atoms with van der Waals surface area (Å²) in [4.78, 5) is 29.4. The SMILES string of the molecule is COCc1ccc2c(C(N)=O)cc(=O)n(CCN3CCC(NCc4ccc(N(C)C)cc4)CC3)c2c1. The van der Waals surface area contributed by atoms with Crippen LogP contribution in [0.15, 0.2) is 53.3 Å². The molecule has 1 aliphatic heterocycles. The molecule has 3 aromatic rings. The number of benzene rings is 2. The van der Waals surface area contributed by atoms with Gasteiger partial charge in [-0.1, -0.05) is 24.3 Å². The normalized spacial score (nSPS) is 14.9. The first kappa shape index (κ1) is 25.9. The molecule has 4 rings (SSSR count). The Morgan fingerprint density at radius 1 is 1.06 bits per heavy atom. The number of nitrogens with two attached hydrogens (primary N) is 1. The summed E-state index contributed by atoms with van der Waals surface area (Å²) in [5, 5.41) is 4.40. The first-order valence-electron chi connectivity index (χ1n) is 12.5. The smallest absolute Gasteiger partial charge is 0.251 e. The number of ether oxygens (including phenoxy) is 1. The molecule has 0 spiro atoms. The van der Waals surface area contributed by atoms with E-state index in [1.807, 2.05) is 18.2 Å². The van der Waals surface area contributed by atoms with Crippen LogP contribution >= 0.6 is 0 Å². The molecular weight excluding hydrogens is 454 g/mol. The molecule has 1 aromatic heterocycles. The Morgan fingerprint density at radius 2 is 1.75 bits per heavy atom. The van der Waals surface area contributed by atoms with Gasteiger partial charge < -0.3 is 30.2 Å². The van der Waals surface area contributed by atoms with Crippen LogP contribution in [0.5, 0.6) is 0 Å². The second-order valence-electron chi connectivity index (χ2n) is 9.75. The van der Waals surface area contributed by atoms with Crippen LogP contribution in [0, 0.1) is 0 Å². The molecule has 36 heavy (non-hydrogen) atoms. The van der Waals surface area contributed by atoms with E-state index in [0.29, 0.717) is 24.6 Å². The fourth-order valence-corrected chi connectivity index (χ4v) is 4.89. The lowest BCUT2D eigenvalue weighted by molar-refractivity contribution is 0.100. The van der Waals surface area contributed by atoms with Crippen LogP contribution in [0.1, 0.15) is 34.3 Å². The molecule has 1 amide bonds. The minimum absolute atomic E-state index is 0.206. The highest BCUT2D eigenvalue weighted by Crippen LogP contribution is 2.20. The van der Waals surface area contributed by atoms with E-state index in [1.165, 1.54) is 17.3 Å². The van der Waals surface area contributed by atoms with Crippen LogP contribution < -0.4 is 21.5 Å². The highest BCUT2D eigenvalue weighted by Gasteiger charge is 2.20. The number of carbonyl (C=O) groups is 1. The first-order chi connectivity index (χ1) is 17.4. The van der Waals surface area contributed by atoms with Crippen LogP contribution in [0.25, 0.3) is 10.9 Å². The number of nitrogens with one attached hydrogen (secondary N) is 1. The van der Waals surface area contributed by atoms with Crippen LogP contribution in [0.2, 0.25) is 0 Å². The highest BCUT2D eigenvalue weighted by molar-refractivity contribution is 6.05. The molecule has 2 heterocycles. The molecule has 0 radical (unpaired) electrons. The Labute approximate surface area is 212 Å². The Hall–Kier alpha value is -3.20.